The van der Waals surface area contributed by atoms with E-state index in [1.165, 1.54) is 19.9 Å². The molecule has 0 aliphatic rings. The molecule has 0 bridgehead atoms. The molecule has 0 heterocycles. The Morgan fingerprint density at radius 3 is 2.21 bits per heavy atom. The van der Waals surface area contributed by atoms with Gasteiger partial charge in [-0.3, -0.25) is 30.2 Å². The van der Waals surface area contributed by atoms with Crippen molar-refractivity contribution in [3.63, 3.8) is 0 Å². The highest BCUT2D eigenvalue weighted by Gasteiger charge is 2.36. The average Bonchev–Trinajstić information content (AvgIpc) is 2.73. The first-order valence-electron chi connectivity index (χ1n) is 9.26. The summed E-state index contributed by atoms with van der Waals surface area (Å²) in [6.07, 6.45) is -4.72. The number of hydrogen-bond acceptors (Lipinski definition) is 9. The zero-order valence-electron chi connectivity index (χ0n) is 17.2. The molecule has 0 aliphatic heterocycles. The number of rotatable bonds is 10. The molecule has 0 atom stereocenters. The van der Waals surface area contributed by atoms with Crippen molar-refractivity contribution in [2.45, 2.75) is 20.0 Å². The van der Waals surface area contributed by atoms with Crippen molar-refractivity contribution in [1.29, 1.82) is 0 Å². The van der Waals surface area contributed by atoms with E-state index in [9.17, 15) is 38.0 Å². The van der Waals surface area contributed by atoms with Gasteiger partial charge in [-0.25, -0.2) is 0 Å². The quantitative estimate of drug-likeness (QED) is 0.197. The van der Waals surface area contributed by atoms with Gasteiger partial charge in [-0.2, -0.15) is 18.3 Å². The Labute approximate surface area is 185 Å². The highest BCUT2D eigenvalue weighted by atomic mass is 31.2. The van der Waals surface area contributed by atoms with Gasteiger partial charge in [-0.15, -0.1) is 0 Å². The van der Waals surface area contributed by atoms with Gasteiger partial charge in [0.1, 0.15) is 5.69 Å². The van der Waals surface area contributed by atoms with E-state index in [0.29, 0.717) is 12.1 Å². The Morgan fingerprint density at radius 1 is 1.06 bits per heavy atom. The molecule has 0 aromatic heterocycles. The molecular formula is C18H18F3N4O7P. The summed E-state index contributed by atoms with van der Waals surface area (Å²) in [6.45, 7) is 2.66. The maximum atomic E-state index is 13.3. The van der Waals surface area contributed by atoms with E-state index >= 15 is 0 Å². The molecule has 0 fully saturated rings. The zero-order chi connectivity index (χ0) is 24.8. The lowest BCUT2D eigenvalue weighted by Gasteiger charge is -2.20. The second-order valence-corrected chi connectivity index (χ2v) is 8.11. The van der Waals surface area contributed by atoms with Gasteiger partial charge in [0.05, 0.1) is 34.7 Å². The third-order valence-electron chi connectivity index (χ3n) is 3.98. The summed E-state index contributed by atoms with van der Waals surface area (Å²) in [6, 6.07) is 6.33. The Kier molecular flexibility index (Phi) is 8.25. The predicted octanol–water partition coefficient (Wildman–Crippen LogP) is 5.56. The fraction of sp³-hybridized carbons (Fsp3) is 0.278. The van der Waals surface area contributed by atoms with Gasteiger partial charge in [0, 0.05) is 11.6 Å². The van der Waals surface area contributed by atoms with Crippen LogP contribution in [0.1, 0.15) is 25.0 Å². The predicted molar refractivity (Wildman–Crippen MR) is 112 cm³/mol. The van der Waals surface area contributed by atoms with Crippen molar-refractivity contribution < 1.29 is 36.6 Å². The van der Waals surface area contributed by atoms with Crippen LogP contribution in [0.5, 0.6) is 0 Å². The lowest BCUT2D eigenvalue weighted by Crippen LogP contribution is -2.13. The largest absolute Gasteiger partial charge is 0.416 e. The number of nitrogens with zero attached hydrogens (tertiary/aromatic N) is 3. The molecule has 0 saturated heterocycles. The second kappa shape index (κ2) is 10.5. The minimum atomic E-state index is -4.72. The van der Waals surface area contributed by atoms with Crippen LogP contribution in [-0.2, 0) is 19.8 Å². The molecule has 2 aromatic carbocycles. The molecule has 15 heteroatoms. The molecule has 0 unspecified atom stereocenters. The van der Waals surface area contributed by atoms with E-state index in [-0.39, 0.29) is 24.5 Å². The van der Waals surface area contributed by atoms with Gasteiger partial charge in [0.2, 0.25) is 0 Å². The van der Waals surface area contributed by atoms with Crippen molar-refractivity contribution in [3.05, 3.63) is 73.8 Å². The van der Waals surface area contributed by atoms with Gasteiger partial charge in [0.25, 0.3) is 5.69 Å². The van der Waals surface area contributed by atoms with Gasteiger partial charge < -0.3 is 9.05 Å². The van der Waals surface area contributed by atoms with Crippen LogP contribution >= 0.6 is 7.60 Å². The maximum absolute atomic E-state index is 13.3. The summed E-state index contributed by atoms with van der Waals surface area (Å²) in [4.78, 5) is 20.5. The number of nitro benzene ring substituents is 2. The number of alkyl halides is 3. The summed E-state index contributed by atoms with van der Waals surface area (Å²) in [5, 5.41) is 26.1. The van der Waals surface area contributed by atoms with E-state index in [2.05, 4.69) is 10.5 Å². The van der Waals surface area contributed by atoms with Gasteiger partial charge >= 0.3 is 19.5 Å². The number of anilines is 1. The molecule has 1 N–H and O–H groups in total. The summed E-state index contributed by atoms with van der Waals surface area (Å²) >= 11 is 0. The Bertz CT molecular complexity index is 1110. The molecule has 178 valence electrons. The van der Waals surface area contributed by atoms with Crippen LogP contribution < -0.4 is 5.43 Å². The lowest BCUT2D eigenvalue weighted by molar-refractivity contribution is -0.393. The summed E-state index contributed by atoms with van der Waals surface area (Å²) < 4.78 is 63.3. The Balaban J connectivity index is 2.66. The number of benzene rings is 2. The summed E-state index contributed by atoms with van der Waals surface area (Å²) in [7, 11) is -4.28. The summed E-state index contributed by atoms with van der Waals surface area (Å²) in [5.41, 5.74) is -1.29. The molecule has 0 radical (unpaired) electrons. The van der Waals surface area contributed by atoms with Crippen molar-refractivity contribution in [1.82, 2.24) is 0 Å². The van der Waals surface area contributed by atoms with Crippen LogP contribution in [0, 0.1) is 20.2 Å². The van der Waals surface area contributed by atoms with Crippen molar-refractivity contribution >= 4 is 30.1 Å². The third-order valence-corrected chi connectivity index (χ3v) is 6.05. The number of hydrogen-bond donors (Lipinski definition) is 1. The molecule has 33 heavy (non-hydrogen) atoms. The monoisotopic (exact) mass is 490 g/mol. The first-order valence-corrected chi connectivity index (χ1v) is 10.8. The topological polar surface area (TPSA) is 146 Å². The molecule has 11 nitrogen and oxygen atoms in total. The van der Waals surface area contributed by atoms with E-state index in [4.69, 9.17) is 9.05 Å². The first-order chi connectivity index (χ1) is 15.4. The smallest absolute Gasteiger partial charge is 0.304 e. The standard InChI is InChI=1S/C18H18F3N4O7P/c1-3-31-33(30,32-4-2)17(12-6-5-7-13(10-12)18(19,20)21)23-22-15-9-8-14(24(26)27)11-16(15)25(28)29/h5-11,22H,3-4H2,1-2H3. The number of halogens is 3. The van der Waals surface area contributed by atoms with Crippen LogP contribution in [0.3, 0.4) is 0 Å². The zero-order valence-corrected chi connectivity index (χ0v) is 18.1. The second-order valence-electron chi connectivity index (χ2n) is 6.17. The van der Waals surface area contributed by atoms with E-state index in [1.54, 1.807) is 0 Å². The van der Waals surface area contributed by atoms with Crippen LogP contribution in [0.25, 0.3) is 0 Å². The number of nitrogens with one attached hydrogen (secondary N) is 1. The van der Waals surface area contributed by atoms with E-state index in [1.807, 2.05) is 0 Å². The Hall–Kier alpha value is -3.35. The molecule has 0 aliphatic carbocycles. The first kappa shape index (κ1) is 25.9. The minimum Gasteiger partial charge on any atom is -0.304 e. The van der Waals surface area contributed by atoms with Crippen molar-refractivity contribution in [2.75, 3.05) is 18.6 Å². The molecule has 2 aromatic rings. The molecule has 0 spiro atoms. The lowest BCUT2D eigenvalue weighted by atomic mass is 10.1. The highest BCUT2D eigenvalue weighted by Crippen LogP contribution is 2.52. The van der Waals surface area contributed by atoms with Crippen molar-refractivity contribution in [3.8, 4) is 0 Å². The number of non-ortho nitro benzene ring substituents is 1. The molecule has 2 rings (SSSR count). The third kappa shape index (κ3) is 6.34. The normalized spacial score (nSPS) is 12.5. The fourth-order valence-corrected chi connectivity index (χ4v) is 4.24. The van der Waals surface area contributed by atoms with Gasteiger partial charge in [0.15, 0.2) is 5.45 Å². The number of hydrazone groups is 1. The fourth-order valence-electron chi connectivity index (χ4n) is 2.61. The average molecular weight is 490 g/mol. The molecular weight excluding hydrogens is 472 g/mol. The van der Waals surface area contributed by atoms with Gasteiger partial charge in [-0.05, 0) is 32.0 Å². The summed E-state index contributed by atoms with van der Waals surface area (Å²) in [5.74, 6) is 0. The molecule has 0 amide bonds. The van der Waals surface area contributed by atoms with E-state index in [0.717, 1.165) is 24.3 Å². The van der Waals surface area contributed by atoms with Crippen LogP contribution in [0.4, 0.5) is 30.2 Å². The highest BCUT2D eigenvalue weighted by molar-refractivity contribution is 7.73. The van der Waals surface area contributed by atoms with Crippen molar-refractivity contribution in [2.24, 2.45) is 5.10 Å². The van der Waals surface area contributed by atoms with Crippen LogP contribution in [-0.4, -0.2) is 28.5 Å². The van der Waals surface area contributed by atoms with Crippen LogP contribution in [0.2, 0.25) is 0 Å². The molecule has 0 saturated carbocycles. The SMILES string of the molecule is CCOP(=O)(OCC)C(=NNc1ccc([N+](=O)[O-])cc1[N+](=O)[O-])c1cccc(C(F)(F)F)c1. The maximum Gasteiger partial charge on any atom is 0.416 e. The number of nitro groups is 2. The Morgan fingerprint density at radius 2 is 1.70 bits per heavy atom. The minimum absolute atomic E-state index is 0.146. The van der Waals surface area contributed by atoms with Gasteiger partial charge in [-0.1, -0.05) is 12.1 Å². The van der Waals surface area contributed by atoms with E-state index < -0.39 is 46.0 Å². The van der Waals surface area contributed by atoms with Crippen LogP contribution in [0.15, 0.2) is 47.6 Å².